The maximum atomic E-state index is 13.0. The molecule has 28 heavy (non-hydrogen) atoms. The first-order valence-corrected chi connectivity index (χ1v) is 11.2. The molecule has 2 aromatic carbocycles. The van der Waals surface area contributed by atoms with Gasteiger partial charge >= 0.3 is 0 Å². The van der Waals surface area contributed by atoms with Crippen LogP contribution in [-0.2, 0) is 9.53 Å². The Hall–Kier alpha value is -1.96. The third-order valence-corrected chi connectivity index (χ3v) is 6.58. The molecule has 0 spiro atoms. The number of ether oxygens (including phenoxy) is 1. The van der Waals surface area contributed by atoms with Crippen LogP contribution in [0.2, 0.25) is 0 Å². The summed E-state index contributed by atoms with van der Waals surface area (Å²) < 4.78 is 4.93. The molecule has 0 saturated heterocycles. The highest BCUT2D eigenvalue weighted by atomic mass is 32.2. The van der Waals surface area contributed by atoms with Crippen LogP contribution >= 0.6 is 23.5 Å². The molecule has 0 unspecified atom stereocenters. The lowest BCUT2D eigenvalue weighted by Gasteiger charge is -2.26. The summed E-state index contributed by atoms with van der Waals surface area (Å²) >= 11 is 3.20. The number of methoxy groups -OCH3 is 1. The van der Waals surface area contributed by atoms with Crippen LogP contribution in [0.1, 0.15) is 28.4 Å². The van der Waals surface area contributed by atoms with E-state index in [2.05, 4.69) is 22.8 Å². The number of thioether (sulfide) groups is 2. The van der Waals surface area contributed by atoms with Gasteiger partial charge in [0.2, 0.25) is 5.91 Å². The number of carbonyl (C=O) groups is 2. The van der Waals surface area contributed by atoms with E-state index in [0.717, 1.165) is 17.1 Å². The minimum absolute atomic E-state index is 0.0142. The van der Waals surface area contributed by atoms with Gasteiger partial charge in [-0.2, -0.15) is 0 Å². The number of amides is 2. The number of benzene rings is 2. The van der Waals surface area contributed by atoms with Gasteiger partial charge in [0.1, 0.15) is 0 Å². The minimum atomic E-state index is -0.102. The van der Waals surface area contributed by atoms with Crippen LogP contribution < -0.4 is 10.6 Å². The molecule has 1 aliphatic heterocycles. The first kappa shape index (κ1) is 20.8. The molecule has 0 fully saturated rings. The molecule has 7 heteroatoms. The van der Waals surface area contributed by atoms with Gasteiger partial charge < -0.3 is 15.4 Å². The molecule has 0 saturated carbocycles. The van der Waals surface area contributed by atoms with Gasteiger partial charge in [0.15, 0.2) is 0 Å². The molecule has 2 aromatic rings. The lowest BCUT2D eigenvalue weighted by Crippen LogP contribution is -2.31. The van der Waals surface area contributed by atoms with Crippen molar-refractivity contribution in [1.29, 1.82) is 0 Å². The number of hydrogen-bond donors (Lipinski definition) is 2. The SMILES string of the molecule is COCCNC(=O)CSc1ccccc1C(=O)N[C@H]1CCSc2ccccc21. The van der Waals surface area contributed by atoms with Crippen LogP contribution in [0.25, 0.3) is 0 Å². The summed E-state index contributed by atoms with van der Waals surface area (Å²) in [5.41, 5.74) is 1.78. The van der Waals surface area contributed by atoms with E-state index in [9.17, 15) is 9.59 Å². The molecule has 5 nitrogen and oxygen atoms in total. The number of nitrogens with one attached hydrogen (secondary N) is 2. The maximum absolute atomic E-state index is 13.0. The maximum Gasteiger partial charge on any atom is 0.252 e. The lowest BCUT2D eigenvalue weighted by molar-refractivity contribution is -0.118. The van der Waals surface area contributed by atoms with E-state index in [1.165, 1.54) is 22.2 Å². The molecule has 2 N–H and O–H groups in total. The first-order chi connectivity index (χ1) is 13.7. The fourth-order valence-corrected chi connectivity index (χ4v) is 5.00. The van der Waals surface area contributed by atoms with Gasteiger partial charge in [-0.3, -0.25) is 9.59 Å². The average Bonchev–Trinajstić information content (AvgIpc) is 2.73. The van der Waals surface area contributed by atoms with Crippen molar-refractivity contribution < 1.29 is 14.3 Å². The highest BCUT2D eigenvalue weighted by Crippen LogP contribution is 2.36. The summed E-state index contributed by atoms with van der Waals surface area (Å²) in [5.74, 6) is 1.07. The topological polar surface area (TPSA) is 67.4 Å². The Labute approximate surface area is 174 Å². The lowest BCUT2D eigenvalue weighted by atomic mass is 10.0. The van der Waals surface area contributed by atoms with Gasteiger partial charge in [-0.25, -0.2) is 0 Å². The van der Waals surface area contributed by atoms with Gasteiger partial charge in [-0.15, -0.1) is 23.5 Å². The summed E-state index contributed by atoms with van der Waals surface area (Å²) in [6.07, 6.45) is 0.907. The standard InChI is InChI=1S/C21H24N2O3S2/c1-26-12-11-22-20(24)14-28-19-9-5-3-7-16(19)21(25)23-17-10-13-27-18-8-4-2-6-15(17)18/h2-9,17H,10-14H2,1H3,(H,22,24)(H,23,25)/t17-/m0/s1. The number of fused-ring (bicyclic) bond motifs is 1. The van der Waals surface area contributed by atoms with Crippen LogP contribution in [0.15, 0.2) is 58.3 Å². The Morgan fingerprint density at radius 2 is 1.96 bits per heavy atom. The van der Waals surface area contributed by atoms with Crippen molar-refractivity contribution in [1.82, 2.24) is 10.6 Å². The Bertz CT molecular complexity index is 829. The zero-order chi connectivity index (χ0) is 19.8. The zero-order valence-corrected chi connectivity index (χ0v) is 17.4. The van der Waals surface area contributed by atoms with Gasteiger partial charge in [0.05, 0.1) is 24.0 Å². The smallest absolute Gasteiger partial charge is 0.252 e. The Kier molecular flexibility index (Phi) is 7.82. The predicted molar refractivity (Wildman–Crippen MR) is 114 cm³/mol. The molecular weight excluding hydrogens is 392 g/mol. The predicted octanol–water partition coefficient (Wildman–Crippen LogP) is 3.51. The van der Waals surface area contributed by atoms with E-state index in [1.807, 2.05) is 48.2 Å². The van der Waals surface area contributed by atoms with Crippen molar-refractivity contribution in [2.24, 2.45) is 0 Å². The third-order valence-electron chi connectivity index (χ3n) is 4.38. The molecule has 1 aliphatic rings. The second kappa shape index (κ2) is 10.5. The second-order valence-electron chi connectivity index (χ2n) is 6.33. The van der Waals surface area contributed by atoms with Crippen LogP contribution in [0.4, 0.5) is 0 Å². The van der Waals surface area contributed by atoms with Crippen molar-refractivity contribution in [2.75, 3.05) is 31.8 Å². The summed E-state index contributed by atoms with van der Waals surface area (Å²) in [6, 6.07) is 15.7. The summed E-state index contributed by atoms with van der Waals surface area (Å²) in [7, 11) is 1.60. The van der Waals surface area contributed by atoms with Crippen LogP contribution in [0, 0.1) is 0 Å². The van der Waals surface area contributed by atoms with E-state index < -0.39 is 0 Å². The molecule has 0 radical (unpaired) electrons. The van der Waals surface area contributed by atoms with Crippen LogP contribution in [0.3, 0.4) is 0 Å². The van der Waals surface area contributed by atoms with E-state index >= 15 is 0 Å². The molecule has 0 aliphatic carbocycles. The average molecular weight is 417 g/mol. The molecule has 0 aromatic heterocycles. The zero-order valence-electron chi connectivity index (χ0n) is 15.8. The van der Waals surface area contributed by atoms with E-state index in [-0.39, 0.29) is 23.6 Å². The van der Waals surface area contributed by atoms with Crippen LogP contribution in [0.5, 0.6) is 0 Å². The summed E-state index contributed by atoms with van der Waals surface area (Å²) in [4.78, 5) is 26.9. The fraction of sp³-hybridized carbons (Fsp3) is 0.333. The molecule has 1 heterocycles. The number of hydrogen-bond acceptors (Lipinski definition) is 5. The van der Waals surface area contributed by atoms with Gasteiger partial charge in [0, 0.05) is 29.2 Å². The molecule has 148 valence electrons. The van der Waals surface area contributed by atoms with Crippen molar-refractivity contribution in [3.05, 3.63) is 59.7 Å². The molecule has 1 atom stereocenters. The van der Waals surface area contributed by atoms with Crippen molar-refractivity contribution in [3.63, 3.8) is 0 Å². The minimum Gasteiger partial charge on any atom is -0.383 e. The molecular formula is C21H24N2O3S2. The second-order valence-corrected chi connectivity index (χ2v) is 8.48. The molecule has 3 rings (SSSR count). The Morgan fingerprint density at radius 1 is 1.18 bits per heavy atom. The monoisotopic (exact) mass is 416 g/mol. The van der Waals surface area contributed by atoms with Crippen LogP contribution in [-0.4, -0.2) is 43.6 Å². The highest BCUT2D eigenvalue weighted by Gasteiger charge is 2.23. The Balaban J connectivity index is 1.64. The quantitative estimate of drug-likeness (QED) is 0.509. The van der Waals surface area contributed by atoms with Crippen molar-refractivity contribution in [3.8, 4) is 0 Å². The van der Waals surface area contributed by atoms with E-state index in [1.54, 1.807) is 7.11 Å². The normalized spacial score (nSPS) is 15.5. The van der Waals surface area contributed by atoms with E-state index in [0.29, 0.717) is 18.7 Å². The largest absolute Gasteiger partial charge is 0.383 e. The molecule has 2 amide bonds. The van der Waals surface area contributed by atoms with Crippen molar-refractivity contribution >= 4 is 35.3 Å². The Morgan fingerprint density at radius 3 is 2.82 bits per heavy atom. The summed E-state index contributed by atoms with van der Waals surface area (Å²) in [6.45, 7) is 0.966. The van der Waals surface area contributed by atoms with E-state index in [4.69, 9.17) is 4.74 Å². The van der Waals surface area contributed by atoms with Gasteiger partial charge in [-0.05, 0) is 30.2 Å². The first-order valence-electron chi connectivity index (χ1n) is 9.19. The number of carbonyl (C=O) groups excluding carboxylic acids is 2. The van der Waals surface area contributed by atoms with Gasteiger partial charge in [0.25, 0.3) is 5.91 Å². The highest BCUT2D eigenvalue weighted by molar-refractivity contribution is 8.00. The third kappa shape index (κ3) is 5.53. The fourth-order valence-electron chi connectivity index (χ4n) is 2.99. The van der Waals surface area contributed by atoms with Gasteiger partial charge in [-0.1, -0.05) is 30.3 Å². The summed E-state index contributed by atoms with van der Waals surface area (Å²) in [5, 5.41) is 5.97. The number of rotatable bonds is 8. The molecule has 0 bridgehead atoms. The van der Waals surface area contributed by atoms with Crippen molar-refractivity contribution in [2.45, 2.75) is 22.3 Å².